The molecule has 1 fully saturated rings. The van der Waals surface area contributed by atoms with Crippen molar-refractivity contribution in [3.8, 4) is 10.6 Å². The molecule has 2 amide bonds. The minimum absolute atomic E-state index is 0.0260. The second-order valence-electron chi connectivity index (χ2n) is 6.56. The van der Waals surface area contributed by atoms with Crippen molar-refractivity contribution in [3.63, 3.8) is 0 Å². The number of likely N-dealkylation sites (tertiary alicyclic amines) is 1. The summed E-state index contributed by atoms with van der Waals surface area (Å²) in [6.45, 7) is 1.00. The van der Waals surface area contributed by atoms with Crippen molar-refractivity contribution >= 4 is 28.8 Å². The summed E-state index contributed by atoms with van der Waals surface area (Å²) in [5.41, 5.74) is 2.83. The average Bonchev–Trinajstić information content (AvgIpc) is 3.34. The molecule has 1 aliphatic rings. The largest absolute Gasteiger partial charge is 0.338 e. The maximum atomic E-state index is 12.6. The van der Waals surface area contributed by atoms with Gasteiger partial charge < -0.3 is 10.2 Å². The lowest BCUT2D eigenvalue weighted by atomic mass is 10.1. The predicted molar refractivity (Wildman–Crippen MR) is 106 cm³/mol. The van der Waals surface area contributed by atoms with Crippen molar-refractivity contribution in [2.45, 2.75) is 13.0 Å². The molecule has 0 spiro atoms. The van der Waals surface area contributed by atoms with E-state index in [0.717, 1.165) is 21.8 Å². The Kier molecular flexibility index (Phi) is 4.98. The zero-order chi connectivity index (χ0) is 18.6. The van der Waals surface area contributed by atoms with Gasteiger partial charge in [-0.3, -0.25) is 9.59 Å². The van der Waals surface area contributed by atoms with Crippen molar-refractivity contribution in [1.29, 1.82) is 0 Å². The van der Waals surface area contributed by atoms with Crippen LogP contribution in [-0.2, 0) is 16.1 Å². The highest BCUT2D eigenvalue weighted by molar-refractivity contribution is 7.13. The molecule has 0 saturated carbocycles. The second kappa shape index (κ2) is 7.72. The highest BCUT2D eigenvalue weighted by Crippen LogP contribution is 2.25. The van der Waals surface area contributed by atoms with E-state index in [2.05, 4.69) is 10.3 Å². The number of amides is 2. The van der Waals surface area contributed by atoms with E-state index < -0.39 is 0 Å². The Morgan fingerprint density at radius 3 is 2.63 bits per heavy atom. The van der Waals surface area contributed by atoms with Crippen LogP contribution in [0.25, 0.3) is 10.6 Å². The van der Waals surface area contributed by atoms with E-state index in [1.807, 2.05) is 60.0 Å². The van der Waals surface area contributed by atoms with E-state index in [9.17, 15) is 9.59 Å². The number of carbonyl (C=O) groups excluding carboxylic acids is 2. The summed E-state index contributed by atoms with van der Waals surface area (Å²) in [4.78, 5) is 30.9. The molecular formula is C21H19N3O2S. The predicted octanol–water partition coefficient (Wildman–Crippen LogP) is 3.80. The monoisotopic (exact) mass is 377 g/mol. The summed E-state index contributed by atoms with van der Waals surface area (Å²) < 4.78 is 0. The molecule has 1 aromatic heterocycles. The van der Waals surface area contributed by atoms with Crippen LogP contribution in [0.15, 0.2) is 66.2 Å². The molecular weight excluding hydrogens is 358 g/mol. The molecule has 1 N–H and O–H groups in total. The third-order valence-electron chi connectivity index (χ3n) is 4.63. The summed E-state index contributed by atoms with van der Waals surface area (Å²) in [5.74, 6) is -0.404. The molecule has 136 valence electrons. The molecule has 3 aromatic rings. The lowest BCUT2D eigenvalue weighted by Gasteiger charge is -2.16. The lowest BCUT2D eigenvalue weighted by molar-refractivity contribution is -0.128. The summed E-state index contributed by atoms with van der Waals surface area (Å²) in [5, 5.41) is 5.81. The number of benzene rings is 2. The Labute approximate surface area is 161 Å². The highest BCUT2D eigenvalue weighted by Gasteiger charge is 2.34. The van der Waals surface area contributed by atoms with Crippen molar-refractivity contribution in [3.05, 3.63) is 71.7 Å². The molecule has 0 radical (unpaired) electrons. The van der Waals surface area contributed by atoms with Crippen molar-refractivity contribution < 1.29 is 9.59 Å². The van der Waals surface area contributed by atoms with Crippen LogP contribution in [0.2, 0.25) is 0 Å². The number of hydrogen-bond donors (Lipinski definition) is 1. The number of aromatic nitrogens is 1. The molecule has 0 aliphatic carbocycles. The zero-order valence-electron chi connectivity index (χ0n) is 14.7. The Morgan fingerprint density at radius 2 is 1.93 bits per heavy atom. The van der Waals surface area contributed by atoms with E-state index in [0.29, 0.717) is 13.1 Å². The van der Waals surface area contributed by atoms with Gasteiger partial charge in [-0.2, -0.15) is 0 Å². The molecule has 5 nitrogen and oxygen atoms in total. The first-order valence-corrected chi connectivity index (χ1v) is 9.69. The number of carbonyl (C=O) groups is 2. The molecule has 2 aromatic carbocycles. The van der Waals surface area contributed by atoms with Gasteiger partial charge >= 0.3 is 0 Å². The molecule has 1 saturated heterocycles. The fourth-order valence-electron chi connectivity index (χ4n) is 3.21. The number of hydrogen-bond acceptors (Lipinski definition) is 4. The van der Waals surface area contributed by atoms with Gasteiger partial charge in [-0.15, -0.1) is 11.3 Å². The molecule has 6 heteroatoms. The Hall–Kier alpha value is -2.99. The van der Waals surface area contributed by atoms with Crippen LogP contribution >= 0.6 is 11.3 Å². The van der Waals surface area contributed by atoms with E-state index >= 15 is 0 Å². The van der Waals surface area contributed by atoms with Crippen LogP contribution in [0.5, 0.6) is 0 Å². The van der Waals surface area contributed by atoms with Crippen LogP contribution in [0.1, 0.15) is 12.0 Å². The SMILES string of the molecule is O=C(Nc1ccc(-c2nccs2)cc1)[C@H]1CC(=O)N(Cc2ccccc2)C1. The smallest absolute Gasteiger partial charge is 0.229 e. The van der Waals surface area contributed by atoms with Crippen molar-refractivity contribution in [2.24, 2.45) is 5.92 Å². The molecule has 1 atom stereocenters. The molecule has 4 rings (SSSR count). The molecule has 2 heterocycles. The van der Waals surface area contributed by atoms with E-state index in [4.69, 9.17) is 0 Å². The first-order valence-electron chi connectivity index (χ1n) is 8.81. The zero-order valence-corrected chi connectivity index (χ0v) is 15.5. The lowest BCUT2D eigenvalue weighted by Crippen LogP contribution is -2.28. The van der Waals surface area contributed by atoms with Crippen molar-refractivity contribution in [2.75, 3.05) is 11.9 Å². The van der Waals surface area contributed by atoms with E-state index in [-0.39, 0.29) is 24.2 Å². The van der Waals surface area contributed by atoms with Gasteiger partial charge in [0, 0.05) is 42.3 Å². The first-order chi connectivity index (χ1) is 13.2. The van der Waals surface area contributed by atoms with Gasteiger partial charge in [0.2, 0.25) is 11.8 Å². The van der Waals surface area contributed by atoms with E-state index in [1.165, 1.54) is 0 Å². The normalized spacial score (nSPS) is 16.5. The summed E-state index contributed by atoms with van der Waals surface area (Å²) in [6, 6.07) is 17.5. The molecule has 1 aliphatic heterocycles. The minimum atomic E-state index is -0.320. The average molecular weight is 377 g/mol. The molecule has 27 heavy (non-hydrogen) atoms. The van der Waals surface area contributed by atoms with Gasteiger partial charge in [0.05, 0.1) is 5.92 Å². The van der Waals surface area contributed by atoms with Crippen LogP contribution in [0.4, 0.5) is 5.69 Å². The van der Waals surface area contributed by atoms with Crippen molar-refractivity contribution in [1.82, 2.24) is 9.88 Å². The highest BCUT2D eigenvalue weighted by atomic mass is 32.1. The maximum Gasteiger partial charge on any atom is 0.229 e. The third kappa shape index (κ3) is 4.06. The number of nitrogens with one attached hydrogen (secondary N) is 1. The van der Waals surface area contributed by atoms with Crippen LogP contribution in [-0.4, -0.2) is 28.2 Å². The summed E-state index contributed by atoms with van der Waals surface area (Å²) >= 11 is 1.58. The quantitative estimate of drug-likeness (QED) is 0.736. The number of thiazole rings is 1. The Morgan fingerprint density at radius 1 is 1.15 bits per heavy atom. The summed E-state index contributed by atoms with van der Waals surface area (Å²) in [6.07, 6.45) is 2.03. The minimum Gasteiger partial charge on any atom is -0.338 e. The van der Waals surface area contributed by atoms with Gasteiger partial charge in [-0.1, -0.05) is 30.3 Å². The number of rotatable bonds is 5. The van der Waals surface area contributed by atoms with Crippen LogP contribution in [0.3, 0.4) is 0 Å². The third-order valence-corrected chi connectivity index (χ3v) is 5.46. The van der Waals surface area contributed by atoms with Gasteiger partial charge in [-0.25, -0.2) is 4.98 Å². The fourth-order valence-corrected chi connectivity index (χ4v) is 3.86. The van der Waals surface area contributed by atoms with Gasteiger partial charge in [0.15, 0.2) is 0 Å². The van der Waals surface area contributed by atoms with Crippen LogP contribution in [0, 0.1) is 5.92 Å². The maximum absolute atomic E-state index is 12.6. The standard InChI is InChI=1S/C21H19N3O2S/c25-19-12-17(14-24(19)13-15-4-2-1-3-5-15)20(26)23-18-8-6-16(7-9-18)21-22-10-11-27-21/h1-11,17H,12-14H2,(H,23,26)/t17-/m0/s1. The van der Waals surface area contributed by atoms with Crippen LogP contribution < -0.4 is 5.32 Å². The number of anilines is 1. The first kappa shape index (κ1) is 17.4. The molecule has 0 bridgehead atoms. The second-order valence-corrected chi connectivity index (χ2v) is 7.46. The van der Waals surface area contributed by atoms with Gasteiger partial charge in [0.1, 0.15) is 5.01 Å². The van der Waals surface area contributed by atoms with E-state index in [1.54, 1.807) is 22.4 Å². The fraction of sp³-hybridized carbons (Fsp3) is 0.190. The summed E-state index contributed by atoms with van der Waals surface area (Å²) in [7, 11) is 0. The Balaban J connectivity index is 1.36. The Bertz CT molecular complexity index is 924. The van der Waals surface area contributed by atoms with Gasteiger partial charge in [-0.05, 0) is 29.8 Å². The molecule has 0 unspecified atom stereocenters. The topological polar surface area (TPSA) is 62.3 Å². The number of nitrogens with zero attached hydrogens (tertiary/aromatic N) is 2. The van der Waals surface area contributed by atoms with Gasteiger partial charge in [0.25, 0.3) is 0 Å².